The number of alkyl halides is 2. The normalized spacial score (nSPS) is 22.6. The summed E-state index contributed by atoms with van der Waals surface area (Å²) in [6.07, 6.45) is 5.04. The molecular weight excluding hydrogens is 416 g/mol. The molecule has 0 unspecified atom stereocenters. The standard InChI is InChI=1S/C23H27F2N5O2/c1-22(2)14-26-10-17(32-22)13-31-21-18-4-3-5-27-20(18)6-19(29-21)16-9-28-30(12-16)11-15-7-23(24,25)8-15/h3-6,9,12,15,17,26H,7-8,10-11,13-14H2,1-2H3/t17-/m0/s1. The molecule has 1 saturated heterocycles. The van der Waals surface area contributed by atoms with Crippen molar-refractivity contribution in [2.45, 2.75) is 50.9 Å². The summed E-state index contributed by atoms with van der Waals surface area (Å²) in [5.41, 5.74) is 2.00. The average Bonchev–Trinajstić information content (AvgIpc) is 3.18. The number of nitrogens with one attached hydrogen (secondary N) is 1. The lowest BCUT2D eigenvalue weighted by Crippen LogP contribution is -2.52. The number of pyridine rings is 2. The molecule has 1 N–H and O–H groups in total. The maximum atomic E-state index is 13.1. The first-order valence-electron chi connectivity index (χ1n) is 10.9. The van der Waals surface area contributed by atoms with Crippen LogP contribution in [-0.2, 0) is 11.3 Å². The van der Waals surface area contributed by atoms with Gasteiger partial charge in [-0.15, -0.1) is 0 Å². The molecule has 5 rings (SSSR count). The Morgan fingerprint density at radius 3 is 2.94 bits per heavy atom. The highest BCUT2D eigenvalue weighted by Crippen LogP contribution is 2.43. The highest BCUT2D eigenvalue weighted by Gasteiger charge is 2.45. The van der Waals surface area contributed by atoms with Crippen molar-refractivity contribution in [3.8, 4) is 17.1 Å². The van der Waals surface area contributed by atoms with Gasteiger partial charge in [-0.3, -0.25) is 9.67 Å². The van der Waals surface area contributed by atoms with E-state index in [1.165, 1.54) is 0 Å². The minimum absolute atomic E-state index is 0.0452. The van der Waals surface area contributed by atoms with Crippen LogP contribution in [0.4, 0.5) is 8.78 Å². The zero-order valence-electron chi connectivity index (χ0n) is 18.2. The summed E-state index contributed by atoms with van der Waals surface area (Å²) < 4.78 is 40.2. The minimum atomic E-state index is -2.52. The maximum Gasteiger partial charge on any atom is 0.248 e. The van der Waals surface area contributed by atoms with Crippen LogP contribution in [0, 0.1) is 5.92 Å². The van der Waals surface area contributed by atoms with Crippen LogP contribution >= 0.6 is 0 Å². The second kappa shape index (κ2) is 8.04. The molecule has 2 aliphatic rings. The van der Waals surface area contributed by atoms with Gasteiger partial charge in [-0.2, -0.15) is 5.10 Å². The Morgan fingerprint density at radius 1 is 1.31 bits per heavy atom. The number of fused-ring (bicyclic) bond motifs is 1. The molecule has 1 atom stereocenters. The van der Waals surface area contributed by atoms with Gasteiger partial charge in [-0.1, -0.05) is 0 Å². The number of hydrogen-bond donors (Lipinski definition) is 1. The molecule has 170 valence electrons. The zero-order chi connectivity index (χ0) is 22.3. The lowest BCUT2D eigenvalue weighted by Gasteiger charge is -2.36. The van der Waals surface area contributed by atoms with E-state index in [4.69, 9.17) is 14.5 Å². The predicted molar refractivity (Wildman–Crippen MR) is 116 cm³/mol. The summed E-state index contributed by atoms with van der Waals surface area (Å²) in [4.78, 5) is 9.20. The van der Waals surface area contributed by atoms with Crippen molar-refractivity contribution in [3.05, 3.63) is 36.8 Å². The molecule has 3 aromatic heterocycles. The number of aromatic nitrogens is 4. The Bertz CT molecular complexity index is 1110. The van der Waals surface area contributed by atoms with E-state index in [-0.39, 0.29) is 30.5 Å². The molecule has 9 heteroatoms. The van der Waals surface area contributed by atoms with Gasteiger partial charge in [0.1, 0.15) is 12.7 Å². The summed E-state index contributed by atoms with van der Waals surface area (Å²) in [7, 11) is 0. The fraction of sp³-hybridized carbons (Fsp3) is 0.522. The van der Waals surface area contributed by atoms with Crippen molar-refractivity contribution >= 4 is 10.9 Å². The van der Waals surface area contributed by atoms with Crippen molar-refractivity contribution in [1.82, 2.24) is 25.1 Å². The highest BCUT2D eigenvalue weighted by atomic mass is 19.3. The predicted octanol–water partition coefficient (Wildman–Crippen LogP) is 3.68. The molecule has 0 radical (unpaired) electrons. The van der Waals surface area contributed by atoms with E-state index in [0.717, 1.165) is 23.0 Å². The van der Waals surface area contributed by atoms with E-state index < -0.39 is 5.92 Å². The van der Waals surface area contributed by atoms with Gasteiger partial charge in [0.05, 0.1) is 28.4 Å². The van der Waals surface area contributed by atoms with Gasteiger partial charge in [0.15, 0.2) is 0 Å². The van der Waals surface area contributed by atoms with Gasteiger partial charge in [0.2, 0.25) is 11.8 Å². The largest absolute Gasteiger partial charge is 0.474 e. The molecule has 32 heavy (non-hydrogen) atoms. The van der Waals surface area contributed by atoms with E-state index in [0.29, 0.717) is 31.3 Å². The summed E-state index contributed by atoms with van der Waals surface area (Å²) in [6, 6.07) is 5.67. The number of ether oxygens (including phenoxy) is 2. The zero-order valence-corrected chi connectivity index (χ0v) is 18.2. The lowest BCUT2D eigenvalue weighted by atomic mass is 9.81. The summed E-state index contributed by atoms with van der Waals surface area (Å²) in [6.45, 7) is 6.46. The summed E-state index contributed by atoms with van der Waals surface area (Å²) >= 11 is 0. The second-order valence-corrected chi connectivity index (χ2v) is 9.41. The SMILES string of the molecule is CC1(C)CNC[C@@H](COc2nc(-c3cnn(CC4CC(F)(F)C4)c3)cc3ncccc23)O1. The third-order valence-corrected chi connectivity index (χ3v) is 5.93. The molecular formula is C23H27F2N5O2. The average molecular weight is 443 g/mol. The summed E-state index contributed by atoms with van der Waals surface area (Å²) in [5, 5.41) is 8.55. The van der Waals surface area contributed by atoms with E-state index in [1.54, 1.807) is 17.1 Å². The second-order valence-electron chi connectivity index (χ2n) is 9.41. The molecule has 1 aliphatic carbocycles. The Kier molecular flexibility index (Phi) is 5.33. The van der Waals surface area contributed by atoms with Crippen LogP contribution in [0.1, 0.15) is 26.7 Å². The fourth-order valence-electron chi connectivity index (χ4n) is 4.41. The molecule has 1 aliphatic heterocycles. The van der Waals surface area contributed by atoms with Crippen LogP contribution in [0.3, 0.4) is 0 Å². The van der Waals surface area contributed by atoms with Crippen LogP contribution in [0.15, 0.2) is 36.8 Å². The molecule has 0 spiro atoms. The molecule has 2 fully saturated rings. The van der Waals surface area contributed by atoms with Crippen LogP contribution in [-0.4, -0.2) is 57.1 Å². The van der Waals surface area contributed by atoms with Crippen molar-refractivity contribution in [1.29, 1.82) is 0 Å². The topological polar surface area (TPSA) is 74.1 Å². The minimum Gasteiger partial charge on any atom is -0.474 e. The first-order chi connectivity index (χ1) is 15.3. The molecule has 1 saturated carbocycles. The van der Waals surface area contributed by atoms with Crippen LogP contribution in [0.5, 0.6) is 5.88 Å². The van der Waals surface area contributed by atoms with Gasteiger partial charge >= 0.3 is 0 Å². The van der Waals surface area contributed by atoms with Crippen LogP contribution in [0.2, 0.25) is 0 Å². The fourth-order valence-corrected chi connectivity index (χ4v) is 4.41. The number of morpholine rings is 1. The van der Waals surface area contributed by atoms with Crippen molar-refractivity contribution in [3.63, 3.8) is 0 Å². The maximum absolute atomic E-state index is 13.1. The number of hydrogen-bond acceptors (Lipinski definition) is 6. The lowest BCUT2D eigenvalue weighted by molar-refractivity contribution is -0.114. The monoisotopic (exact) mass is 443 g/mol. The number of halogens is 2. The van der Waals surface area contributed by atoms with Gasteiger partial charge < -0.3 is 14.8 Å². The molecule has 4 heterocycles. The van der Waals surface area contributed by atoms with Gasteiger partial charge in [0, 0.05) is 50.4 Å². The van der Waals surface area contributed by atoms with Crippen LogP contribution < -0.4 is 10.1 Å². The van der Waals surface area contributed by atoms with Crippen molar-refractivity contribution < 1.29 is 18.3 Å². The molecule has 0 amide bonds. The molecule has 0 bridgehead atoms. The van der Waals surface area contributed by atoms with Gasteiger partial charge in [-0.05, 0) is 38.0 Å². The third-order valence-electron chi connectivity index (χ3n) is 5.93. The first kappa shape index (κ1) is 21.2. The Morgan fingerprint density at radius 2 is 2.16 bits per heavy atom. The van der Waals surface area contributed by atoms with Crippen molar-refractivity contribution in [2.24, 2.45) is 5.92 Å². The summed E-state index contributed by atoms with van der Waals surface area (Å²) in [5.74, 6) is -2.08. The van der Waals surface area contributed by atoms with E-state index in [2.05, 4.69) is 15.4 Å². The van der Waals surface area contributed by atoms with E-state index in [1.807, 2.05) is 38.2 Å². The highest BCUT2D eigenvalue weighted by molar-refractivity contribution is 5.86. The quantitative estimate of drug-likeness (QED) is 0.627. The molecule has 0 aromatic carbocycles. The Hall–Kier alpha value is -2.65. The van der Waals surface area contributed by atoms with Crippen LogP contribution in [0.25, 0.3) is 22.2 Å². The van der Waals surface area contributed by atoms with Gasteiger partial charge in [0.25, 0.3) is 0 Å². The third kappa shape index (κ3) is 4.59. The number of nitrogens with zero attached hydrogens (tertiary/aromatic N) is 4. The van der Waals surface area contributed by atoms with Crippen molar-refractivity contribution in [2.75, 3.05) is 19.7 Å². The van der Waals surface area contributed by atoms with E-state index >= 15 is 0 Å². The Balaban J connectivity index is 1.35. The van der Waals surface area contributed by atoms with Gasteiger partial charge in [-0.25, -0.2) is 13.8 Å². The Labute approximate surface area is 185 Å². The number of rotatable bonds is 6. The molecule has 3 aromatic rings. The first-order valence-corrected chi connectivity index (χ1v) is 10.9. The smallest absolute Gasteiger partial charge is 0.248 e. The van der Waals surface area contributed by atoms with E-state index in [9.17, 15) is 8.78 Å². The molecule has 7 nitrogen and oxygen atoms in total.